The Balaban J connectivity index is 1.46. The number of imidazole rings is 1. The zero-order valence-corrected chi connectivity index (χ0v) is 20.6. The Morgan fingerprint density at radius 1 is 0.941 bits per heavy atom. The quantitative estimate of drug-likeness (QED) is 0.228. The highest BCUT2D eigenvalue weighted by Crippen LogP contribution is 2.24. The first-order chi connectivity index (χ1) is 16.5. The van der Waals surface area contributed by atoms with E-state index in [0.717, 1.165) is 43.9 Å². The van der Waals surface area contributed by atoms with Gasteiger partial charge in [-0.3, -0.25) is 4.79 Å². The number of hydrogen-bond acceptors (Lipinski definition) is 3. The van der Waals surface area contributed by atoms with Gasteiger partial charge in [-0.1, -0.05) is 46.3 Å². The van der Waals surface area contributed by atoms with Crippen molar-refractivity contribution in [1.29, 1.82) is 0 Å². The summed E-state index contributed by atoms with van der Waals surface area (Å²) in [5.74, 6) is 1.51. The molecule has 5 rings (SSSR count). The Labute approximate surface area is 206 Å². The monoisotopic (exact) mass is 513 g/mol. The highest BCUT2D eigenvalue weighted by molar-refractivity contribution is 9.10. The van der Waals surface area contributed by atoms with Crippen molar-refractivity contribution >= 4 is 32.7 Å². The molecule has 0 atom stereocenters. The number of halogens is 1. The summed E-state index contributed by atoms with van der Waals surface area (Å²) in [7, 11) is 0. The fraction of sp³-hybridized carbons (Fsp3) is 0.143. The van der Waals surface area contributed by atoms with Gasteiger partial charge >= 0.3 is 0 Å². The summed E-state index contributed by atoms with van der Waals surface area (Å²) in [6.45, 7) is 4.49. The van der Waals surface area contributed by atoms with E-state index in [4.69, 9.17) is 9.72 Å². The van der Waals surface area contributed by atoms with Gasteiger partial charge in [0.1, 0.15) is 18.2 Å². The van der Waals surface area contributed by atoms with Crippen LogP contribution in [-0.2, 0) is 13.2 Å². The highest BCUT2D eigenvalue weighted by atomic mass is 79.9. The van der Waals surface area contributed by atoms with Crippen LogP contribution < -0.4 is 4.74 Å². The number of hydrogen-bond donors (Lipinski definition) is 0. The number of ketones is 1. The second kappa shape index (κ2) is 9.31. The van der Waals surface area contributed by atoms with Gasteiger partial charge in [-0.2, -0.15) is 0 Å². The topological polar surface area (TPSA) is 49.1 Å². The van der Waals surface area contributed by atoms with Crippen LogP contribution in [0.1, 0.15) is 27.6 Å². The molecule has 2 heterocycles. The summed E-state index contributed by atoms with van der Waals surface area (Å²) in [6.07, 6.45) is 0. The van der Waals surface area contributed by atoms with Crippen molar-refractivity contribution in [1.82, 2.24) is 14.1 Å². The second-order valence-electron chi connectivity index (χ2n) is 8.22. The number of nitrogens with zero attached hydrogens (tertiary/aromatic N) is 3. The van der Waals surface area contributed by atoms with Gasteiger partial charge in [-0.15, -0.1) is 0 Å². The van der Waals surface area contributed by atoms with E-state index in [2.05, 4.69) is 32.6 Å². The lowest BCUT2D eigenvalue weighted by Crippen LogP contribution is -2.15. The number of carbonyl (C=O) groups is 1. The molecule has 0 N–H and O–H groups in total. The van der Waals surface area contributed by atoms with Crippen LogP contribution in [0.5, 0.6) is 5.75 Å². The Morgan fingerprint density at radius 2 is 1.65 bits per heavy atom. The van der Waals surface area contributed by atoms with Crippen molar-refractivity contribution in [2.45, 2.75) is 27.0 Å². The summed E-state index contributed by atoms with van der Waals surface area (Å²) < 4.78 is 11.1. The largest absolute Gasteiger partial charge is 0.486 e. The summed E-state index contributed by atoms with van der Waals surface area (Å²) in [5.41, 5.74) is 5.50. The van der Waals surface area contributed by atoms with Crippen LogP contribution in [0.25, 0.3) is 16.7 Å². The standard InChI is InChI=1S/C28H24BrN3O2/c1-19-16-24(20(2)32(19)22-8-4-3-5-9-22)27(33)17-31-26-11-7-6-10-25(26)30-28(31)18-34-23-14-12-21(29)13-15-23/h3-16H,17-18H2,1-2H3. The molecule has 34 heavy (non-hydrogen) atoms. The smallest absolute Gasteiger partial charge is 0.184 e. The molecule has 3 aromatic carbocycles. The predicted octanol–water partition coefficient (Wildman–Crippen LogP) is 6.67. The maximum absolute atomic E-state index is 13.5. The molecule has 0 fully saturated rings. The predicted molar refractivity (Wildman–Crippen MR) is 138 cm³/mol. The number of para-hydroxylation sites is 3. The average Bonchev–Trinajstić information content (AvgIpc) is 3.35. The Bertz CT molecular complexity index is 1470. The first-order valence-corrected chi connectivity index (χ1v) is 11.9. The molecule has 5 aromatic rings. The number of fused-ring (bicyclic) bond motifs is 1. The number of aryl methyl sites for hydroxylation is 1. The van der Waals surface area contributed by atoms with Gasteiger partial charge in [0.15, 0.2) is 5.78 Å². The summed E-state index contributed by atoms with van der Waals surface area (Å²) in [5, 5.41) is 0. The van der Waals surface area contributed by atoms with Crippen molar-refractivity contribution in [3.63, 3.8) is 0 Å². The Kier molecular flexibility index (Phi) is 6.07. The summed E-state index contributed by atoms with van der Waals surface area (Å²) >= 11 is 3.44. The van der Waals surface area contributed by atoms with Crippen LogP contribution in [0.3, 0.4) is 0 Å². The molecule has 0 aliphatic heterocycles. The first-order valence-electron chi connectivity index (χ1n) is 11.1. The fourth-order valence-electron chi connectivity index (χ4n) is 4.34. The maximum atomic E-state index is 13.5. The van der Waals surface area contributed by atoms with Crippen LogP contribution >= 0.6 is 15.9 Å². The highest BCUT2D eigenvalue weighted by Gasteiger charge is 2.20. The van der Waals surface area contributed by atoms with E-state index >= 15 is 0 Å². The van der Waals surface area contributed by atoms with E-state index in [1.807, 2.05) is 91.2 Å². The molecule has 0 saturated carbocycles. The van der Waals surface area contributed by atoms with Gasteiger partial charge in [0.25, 0.3) is 0 Å². The number of carbonyl (C=O) groups excluding carboxylic acids is 1. The molecule has 0 aliphatic carbocycles. The Hall–Kier alpha value is -3.64. The molecule has 0 radical (unpaired) electrons. The number of ether oxygens (including phenoxy) is 1. The molecule has 6 heteroatoms. The lowest BCUT2D eigenvalue weighted by atomic mass is 10.1. The number of Topliss-reactive ketones (excluding diaryl/α,β-unsaturated/α-hetero) is 1. The minimum atomic E-state index is 0.0447. The van der Waals surface area contributed by atoms with Crippen LogP contribution in [0.2, 0.25) is 0 Å². The van der Waals surface area contributed by atoms with Crippen molar-refractivity contribution in [3.05, 3.63) is 112 Å². The summed E-state index contributed by atoms with van der Waals surface area (Å²) in [6, 6.07) is 27.6. The van der Waals surface area contributed by atoms with Crippen molar-refractivity contribution in [3.8, 4) is 11.4 Å². The molecule has 170 valence electrons. The third kappa shape index (κ3) is 4.29. The Morgan fingerprint density at radius 3 is 2.41 bits per heavy atom. The SMILES string of the molecule is Cc1cc(C(=O)Cn2c(COc3ccc(Br)cc3)nc3ccccc32)c(C)n1-c1ccccc1. The minimum absolute atomic E-state index is 0.0447. The molecule has 0 spiro atoms. The second-order valence-corrected chi connectivity index (χ2v) is 9.14. The van der Waals surface area contributed by atoms with E-state index in [9.17, 15) is 4.79 Å². The average molecular weight is 514 g/mol. The molecule has 0 unspecified atom stereocenters. The van der Waals surface area contributed by atoms with Gasteiger partial charge < -0.3 is 13.9 Å². The fourth-order valence-corrected chi connectivity index (χ4v) is 4.60. The van der Waals surface area contributed by atoms with E-state index in [0.29, 0.717) is 5.82 Å². The molecule has 5 nitrogen and oxygen atoms in total. The van der Waals surface area contributed by atoms with E-state index in [1.54, 1.807) is 0 Å². The zero-order valence-electron chi connectivity index (χ0n) is 19.0. The van der Waals surface area contributed by atoms with Gasteiger partial charge in [0, 0.05) is 27.1 Å². The number of aromatic nitrogens is 3. The van der Waals surface area contributed by atoms with Crippen LogP contribution in [0, 0.1) is 13.8 Å². The minimum Gasteiger partial charge on any atom is -0.486 e. The normalized spacial score (nSPS) is 11.1. The molecule has 2 aromatic heterocycles. The third-order valence-electron chi connectivity index (χ3n) is 5.96. The zero-order chi connectivity index (χ0) is 23.7. The van der Waals surface area contributed by atoms with E-state index in [-0.39, 0.29) is 18.9 Å². The lowest BCUT2D eigenvalue weighted by Gasteiger charge is -2.11. The van der Waals surface area contributed by atoms with Gasteiger partial charge in [0.2, 0.25) is 0 Å². The van der Waals surface area contributed by atoms with Crippen LogP contribution in [0.15, 0.2) is 89.4 Å². The number of benzene rings is 3. The van der Waals surface area contributed by atoms with Gasteiger partial charge in [0.05, 0.1) is 17.6 Å². The molecular weight excluding hydrogens is 490 g/mol. The molecule has 0 bridgehead atoms. The van der Waals surface area contributed by atoms with Gasteiger partial charge in [-0.25, -0.2) is 4.98 Å². The van der Waals surface area contributed by atoms with E-state index < -0.39 is 0 Å². The molecule has 0 saturated heterocycles. The van der Waals surface area contributed by atoms with Crippen molar-refractivity contribution in [2.24, 2.45) is 0 Å². The third-order valence-corrected chi connectivity index (χ3v) is 6.49. The maximum Gasteiger partial charge on any atom is 0.184 e. The van der Waals surface area contributed by atoms with Crippen LogP contribution in [0.4, 0.5) is 0 Å². The molecule has 0 aliphatic rings. The molecular formula is C28H24BrN3O2. The number of rotatable bonds is 7. The summed E-state index contributed by atoms with van der Waals surface area (Å²) in [4.78, 5) is 18.3. The lowest BCUT2D eigenvalue weighted by molar-refractivity contribution is 0.0970. The first kappa shape index (κ1) is 22.2. The van der Waals surface area contributed by atoms with Crippen LogP contribution in [-0.4, -0.2) is 19.9 Å². The van der Waals surface area contributed by atoms with Gasteiger partial charge in [-0.05, 0) is 68.4 Å². The van der Waals surface area contributed by atoms with Crippen molar-refractivity contribution in [2.75, 3.05) is 0 Å². The van der Waals surface area contributed by atoms with Crippen molar-refractivity contribution < 1.29 is 9.53 Å². The van der Waals surface area contributed by atoms with E-state index in [1.165, 1.54) is 0 Å². The molecule has 0 amide bonds.